The van der Waals surface area contributed by atoms with E-state index in [1.165, 1.54) is 11.6 Å². The molecule has 0 aliphatic rings. The maximum atomic E-state index is 10.9. The Bertz CT molecular complexity index is 600. The number of rotatable bonds is 6. The molecule has 110 valence electrons. The maximum Gasteiger partial charge on any atom is 0.335 e. The molecule has 0 amide bonds. The third-order valence-corrected chi connectivity index (χ3v) is 3.15. The van der Waals surface area contributed by atoms with Crippen LogP contribution in [0.15, 0.2) is 48.5 Å². The number of benzene rings is 2. The van der Waals surface area contributed by atoms with Gasteiger partial charge in [-0.3, -0.25) is 0 Å². The van der Waals surface area contributed by atoms with Crippen LogP contribution in [0.2, 0.25) is 0 Å². The van der Waals surface area contributed by atoms with Gasteiger partial charge >= 0.3 is 5.97 Å². The number of ether oxygens (including phenoxy) is 1. The van der Waals surface area contributed by atoms with Crippen LogP contribution < -0.4 is 4.74 Å². The molecule has 2 aromatic carbocycles. The number of carbonyl (C=O) groups is 1. The standard InChI is InChI=1S/C18H20O3/c1-13(2)10-14-6-8-15(9-7-14)12-21-17-5-3-4-16(11-17)18(19)20/h3-9,11,13H,10,12H2,1-2H3,(H,19,20). The van der Waals surface area contributed by atoms with Crippen molar-refractivity contribution in [2.75, 3.05) is 0 Å². The van der Waals surface area contributed by atoms with Crippen LogP contribution >= 0.6 is 0 Å². The van der Waals surface area contributed by atoms with E-state index in [4.69, 9.17) is 9.84 Å². The van der Waals surface area contributed by atoms with Gasteiger partial charge in [0.25, 0.3) is 0 Å². The van der Waals surface area contributed by atoms with E-state index in [1.807, 2.05) is 0 Å². The number of carboxylic acids is 1. The van der Waals surface area contributed by atoms with Crippen LogP contribution in [-0.4, -0.2) is 11.1 Å². The third kappa shape index (κ3) is 4.63. The fourth-order valence-corrected chi connectivity index (χ4v) is 2.13. The Labute approximate surface area is 125 Å². The van der Waals surface area contributed by atoms with Crippen molar-refractivity contribution in [1.82, 2.24) is 0 Å². The molecular weight excluding hydrogens is 264 g/mol. The van der Waals surface area contributed by atoms with Gasteiger partial charge in [-0.15, -0.1) is 0 Å². The molecule has 2 aromatic rings. The van der Waals surface area contributed by atoms with Crippen molar-refractivity contribution in [3.05, 3.63) is 65.2 Å². The Kier molecular flexibility index (Phi) is 4.99. The number of hydrogen-bond donors (Lipinski definition) is 1. The average Bonchev–Trinajstić information content (AvgIpc) is 2.46. The molecule has 1 N–H and O–H groups in total. The average molecular weight is 284 g/mol. The van der Waals surface area contributed by atoms with Crippen molar-refractivity contribution >= 4 is 5.97 Å². The zero-order valence-electron chi connectivity index (χ0n) is 12.4. The molecule has 0 aromatic heterocycles. The van der Waals surface area contributed by atoms with Crippen molar-refractivity contribution in [2.24, 2.45) is 5.92 Å². The monoisotopic (exact) mass is 284 g/mol. The normalized spacial score (nSPS) is 10.6. The van der Waals surface area contributed by atoms with E-state index in [9.17, 15) is 4.79 Å². The first-order valence-electron chi connectivity index (χ1n) is 7.08. The smallest absolute Gasteiger partial charge is 0.335 e. The van der Waals surface area contributed by atoms with Crippen molar-refractivity contribution in [2.45, 2.75) is 26.9 Å². The van der Waals surface area contributed by atoms with E-state index in [1.54, 1.807) is 18.2 Å². The first-order valence-corrected chi connectivity index (χ1v) is 7.08. The van der Waals surface area contributed by atoms with Crippen LogP contribution in [0.25, 0.3) is 0 Å². The zero-order valence-corrected chi connectivity index (χ0v) is 12.4. The van der Waals surface area contributed by atoms with E-state index < -0.39 is 5.97 Å². The lowest BCUT2D eigenvalue weighted by atomic mass is 10.0. The van der Waals surface area contributed by atoms with Gasteiger partial charge < -0.3 is 9.84 Å². The first-order chi connectivity index (χ1) is 10.0. The first kappa shape index (κ1) is 15.1. The van der Waals surface area contributed by atoms with Gasteiger partial charge in [0, 0.05) is 0 Å². The minimum absolute atomic E-state index is 0.236. The highest BCUT2D eigenvalue weighted by Crippen LogP contribution is 2.16. The molecule has 0 saturated carbocycles. The van der Waals surface area contributed by atoms with Gasteiger partial charge in [-0.1, -0.05) is 44.2 Å². The Morgan fingerprint density at radius 3 is 2.38 bits per heavy atom. The summed E-state index contributed by atoms with van der Waals surface area (Å²) in [7, 11) is 0. The van der Waals surface area contributed by atoms with Gasteiger partial charge in [0.1, 0.15) is 12.4 Å². The molecule has 0 unspecified atom stereocenters. The summed E-state index contributed by atoms with van der Waals surface area (Å²) in [6.45, 7) is 4.84. The summed E-state index contributed by atoms with van der Waals surface area (Å²) in [6.07, 6.45) is 1.07. The summed E-state index contributed by atoms with van der Waals surface area (Å²) >= 11 is 0. The molecule has 0 aliphatic heterocycles. The summed E-state index contributed by atoms with van der Waals surface area (Å²) < 4.78 is 5.64. The molecule has 0 bridgehead atoms. The Balaban J connectivity index is 1.96. The molecule has 0 atom stereocenters. The molecule has 0 radical (unpaired) electrons. The molecule has 0 aliphatic carbocycles. The highest BCUT2D eigenvalue weighted by atomic mass is 16.5. The lowest BCUT2D eigenvalue weighted by Crippen LogP contribution is -2.00. The summed E-state index contributed by atoms with van der Waals surface area (Å²) in [5.41, 5.74) is 2.63. The summed E-state index contributed by atoms with van der Waals surface area (Å²) in [5, 5.41) is 8.94. The SMILES string of the molecule is CC(C)Cc1ccc(COc2cccc(C(=O)O)c2)cc1. The molecule has 21 heavy (non-hydrogen) atoms. The number of hydrogen-bond acceptors (Lipinski definition) is 2. The topological polar surface area (TPSA) is 46.5 Å². The lowest BCUT2D eigenvalue weighted by molar-refractivity contribution is 0.0696. The summed E-state index contributed by atoms with van der Waals surface area (Å²) in [4.78, 5) is 10.9. The quantitative estimate of drug-likeness (QED) is 0.866. The van der Waals surface area contributed by atoms with Gasteiger partial charge in [-0.2, -0.15) is 0 Å². The molecule has 0 fully saturated rings. The number of carboxylic acid groups (broad SMARTS) is 1. The van der Waals surface area contributed by atoms with Crippen molar-refractivity contribution in [3.63, 3.8) is 0 Å². The van der Waals surface area contributed by atoms with Crippen molar-refractivity contribution < 1.29 is 14.6 Å². The van der Waals surface area contributed by atoms with Gasteiger partial charge in [-0.05, 0) is 41.7 Å². The third-order valence-electron chi connectivity index (χ3n) is 3.15. The fraction of sp³-hybridized carbons (Fsp3) is 0.278. The molecule has 0 heterocycles. The van der Waals surface area contributed by atoms with E-state index in [2.05, 4.69) is 38.1 Å². The van der Waals surface area contributed by atoms with Crippen LogP contribution in [0.1, 0.15) is 35.3 Å². The minimum atomic E-state index is -0.946. The van der Waals surface area contributed by atoms with E-state index >= 15 is 0 Å². The molecule has 3 heteroatoms. The summed E-state index contributed by atoms with van der Waals surface area (Å²) in [6, 6.07) is 14.9. The molecule has 0 spiro atoms. The van der Waals surface area contributed by atoms with Crippen LogP contribution in [0.3, 0.4) is 0 Å². The van der Waals surface area contributed by atoms with Gasteiger partial charge in [0.05, 0.1) is 5.56 Å². The van der Waals surface area contributed by atoms with Gasteiger partial charge in [-0.25, -0.2) is 4.79 Å². The molecular formula is C18H20O3. The van der Waals surface area contributed by atoms with E-state index in [-0.39, 0.29) is 5.56 Å². The summed E-state index contributed by atoms with van der Waals surface area (Å²) in [5.74, 6) is 0.269. The zero-order chi connectivity index (χ0) is 15.2. The Morgan fingerprint density at radius 2 is 1.76 bits per heavy atom. The lowest BCUT2D eigenvalue weighted by Gasteiger charge is -2.09. The second-order valence-electron chi connectivity index (χ2n) is 5.54. The number of aromatic carboxylic acids is 1. The van der Waals surface area contributed by atoms with Gasteiger partial charge in [0.15, 0.2) is 0 Å². The second-order valence-corrected chi connectivity index (χ2v) is 5.54. The molecule has 0 saturated heterocycles. The predicted octanol–water partition coefficient (Wildman–Crippen LogP) is 4.16. The van der Waals surface area contributed by atoms with Crippen LogP contribution in [0.4, 0.5) is 0 Å². The van der Waals surface area contributed by atoms with E-state index in [0.29, 0.717) is 18.3 Å². The van der Waals surface area contributed by atoms with E-state index in [0.717, 1.165) is 12.0 Å². The predicted molar refractivity (Wildman–Crippen MR) is 82.7 cm³/mol. The Morgan fingerprint density at radius 1 is 1.10 bits per heavy atom. The maximum absolute atomic E-state index is 10.9. The highest BCUT2D eigenvalue weighted by molar-refractivity contribution is 5.87. The van der Waals surface area contributed by atoms with Crippen LogP contribution in [0.5, 0.6) is 5.75 Å². The fourth-order valence-electron chi connectivity index (χ4n) is 2.13. The highest BCUT2D eigenvalue weighted by Gasteiger charge is 2.04. The van der Waals surface area contributed by atoms with Crippen LogP contribution in [0, 0.1) is 5.92 Å². The Hall–Kier alpha value is -2.29. The second kappa shape index (κ2) is 6.93. The minimum Gasteiger partial charge on any atom is -0.489 e. The van der Waals surface area contributed by atoms with Gasteiger partial charge in [0.2, 0.25) is 0 Å². The van der Waals surface area contributed by atoms with Crippen molar-refractivity contribution in [3.8, 4) is 5.75 Å². The van der Waals surface area contributed by atoms with Crippen LogP contribution in [-0.2, 0) is 13.0 Å². The van der Waals surface area contributed by atoms with Crippen molar-refractivity contribution in [1.29, 1.82) is 0 Å². The molecule has 3 nitrogen and oxygen atoms in total. The molecule has 2 rings (SSSR count). The largest absolute Gasteiger partial charge is 0.489 e.